The summed E-state index contributed by atoms with van der Waals surface area (Å²) in [6, 6.07) is 19.6. The highest BCUT2D eigenvalue weighted by Gasteiger charge is 2.39. The summed E-state index contributed by atoms with van der Waals surface area (Å²) in [7, 11) is 1.75. The number of rotatable bonds is 10. The highest BCUT2D eigenvalue weighted by Crippen LogP contribution is 2.34. The molecule has 2 aliphatic heterocycles. The summed E-state index contributed by atoms with van der Waals surface area (Å²) in [4.78, 5) is 29.9. The Hall–Kier alpha value is -4.35. The Labute approximate surface area is 267 Å². The van der Waals surface area contributed by atoms with Crippen LogP contribution in [0.4, 0.5) is 18.9 Å². The zero-order chi connectivity index (χ0) is 32.7. The molecule has 8 nitrogen and oxygen atoms in total. The number of ether oxygens (including phenoxy) is 2. The molecular weight excluding hydrogens is 597 g/mol. The molecule has 5 rings (SSSR count). The van der Waals surface area contributed by atoms with E-state index in [1.807, 2.05) is 19.1 Å². The molecule has 0 bridgehead atoms. The van der Waals surface area contributed by atoms with Crippen LogP contribution in [0.15, 0.2) is 84.7 Å². The van der Waals surface area contributed by atoms with Crippen LogP contribution in [0, 0.1) is 0 Å². The van der Waals surface area contributed by atoms with Gasteiger partial charge < -0.3 is 29.9 Å². The molecule has 0 radical (unpaired) electrons. The minimum atomic E-state index is -4.44. The van der Waals surface area contributed by atoms with Crippen LogP contribution < -0.4 is 15.5 Å². The van der Waals surface area contributed by atoms with Gasteiger partial charge in [-0.3, -0.25) is 9.59 Å². The van der Waals surface area contributed by atoms with Gasteiger partial charge in [-0.25, -0.2) is 0 Å². The van der Waals surface area contributed by atoms with Crippen molar-refractivity contribution in [1.29, 1.82) is 0 Å². The summed E-state index contributed by atoms with van der Waals surface area (Å²) >= 11 is 0. The van der Waals surface area contributed by atoms with Crippen molar-refractivity contribution in [3.63, 3.8) is 0 Å². The summed E-state index contributed by atoms with van der Waals surface area (Å²) < 4.78 is 50.7. The van der Waals surface area contributed by atoms with Gasteiger partial charge in [-0.05, 0) is 53.4 Å². The van der Waals surface area contributed by atoms with E-state index in [4.69, 9.17) is 9.47 Å². The summed E-state index contributed by atoms with van der Waals surface area (Å²) in [6.07, 6.45) is -0.565. The van der Waals surface area contributed by atoms with Crippen molar-refractivity contribution in [2.24, 2.45) is 0 Å². The average molecular weight is 637 g/mol. The van der Waals surface area contributed by atoms with Crippen molar-refractivity contribution < 1.29 is 32.2 Å². The van der Waals surface area contributed by atoms with E-state index in [0.29, 0.717) is 48.6 Å². The molecule has 0 aliphatic carbocycles. The van der Waals surface area contributed by atoms with Crippen molar-refractivity contribution in [2.45, 2.75) is 44.7 Å². The lowest BCUT2D eigenvalue weighted by molar-refractivity contribution is -0.169. The maximum atomic E-state index is 13.2. The number of carbonyl (C=O) groups excluding carboxylic acids is 2. The second kappa shape index (κ2) is 14.4. The van der Waals surface area contributed by atoms with E-state index in [9.17, 15) is 22.8 Å². The minimum Gasteiger partial charge on any atom is -0.371 e. The van der Waals surface area contributed by atoms with E-state index in [0.717, 1.165) is 49.3 Å². The van der Waals surface area contributed by atoms with E-state index in [1.165, 1.54) is 12.1 Å². The zero-order valence-corrected chi connectivity index (χ0v) is 26.0. The number of nitrogens with zero attached hydrogens (tertiary/aromatic N) is 2. The standard InChI is InChI=1S/C35H39F3N4O4/c1-3-28(40-33(44)31-7-5-4-6-30(31)26-10-12-27(13-11-26)35(36,37)38)23-41(2)24-32(43)39-22-25-8-14-29(15-9-25)42-18-16-34(17-19-42)45-20-21-46-34/h4-15,23H,3,16-22,24H2,1-2H3,(H,39,43)(H,40,44)/b28-23+. The van der Waals surface area contributed by atoms with Crippen LogP contribution in [0.25, 0.3) is 11.1 Å². The monoisotopic (exact) mass is 636 g/mol. The lowest BCUT2D eigenvalue weighted by atomic mass is 9.98. The lowest BCUT2D eigenvalue weighted by Gasteiger charge is -2.38. The Balaban J connectivity index is 1.11. The number of hydrogen-bond acceptors (Lipinski definition) is 6. The first-order chi connectivity index (χ1) is 22.0. The Morgan fingerprint density at radius 2 is 1.61 bits per heavy atom. The molecule has 0 aromatic heterocycles. The first-order valence-corrected chi connectivity index (χ1v) is 15.4. The number of amides is 2. The van der Waals surface area contributed by atoms with Crippen LogP contribution in [-0.4, -0.2) is 62.4 Å². The van der Waals surface area contributed by atoms with Crippen molar-refractivity contribution in [3.05, 3.63) is 101 Å². The van der Waals surface area contributed by atoms with Gasteiger partial charge in [0.2, 0.25) is 5.91 Å². The van der Waals surface area contributed by atoms with Crippen LogP contribution in [-0.2, 0) is 27.0 Å². The lowest BCUT2D eigenvalue weighted by Crippen LogP contribution is -2.45. The molecule has 3 aromatic carbocycles. The molecule has 1 spiro atoms. The van der Waals surface area contributed by atoms with Crippen molar-refractivity contribution in [1.82, 2.24) is 15.5 Å². The molecule has 2 heterocycles. The average Bonchev–Trinajstić information content (AvgIpc) is 3.51. The Morgan fingerprint density at radius 1 is 0.957 bits per heavy atom. The van der Waals surface area contributed by atoms with Gasteiger partial charge in [0.05, 0.1) is 25.3 Å². The Bertz CT molecular complexity index is 1520. The third-order valence-electron chi connectivity index (χ3n) is 8.25. The fourth-order valence-corrected chi connectivity index (χ4v) is 5.71. The number of likely N-dealkylation sites (N-methyl/N-ethyl adjacent to an activating group) is 1. The molecule has 2 saturated heterocycles. The first kappa shape index (κ1) is 33.0. The van der Waals surface area contributed by atoms with Gasteiger partial charge in [0.15, 0.2) is 5.79 Å². The fraction of sp³-hybridized carbons (Fsp3) is 0.371. The third kappa shape index (κ3) is 8.27. The molecule has 244 valence electrons. The number of anilines is 1. The number of carbonyl (C=O) groups is 2. The van der Waals surface area contributed by atoms with Crippen molar-refractivity contribution >= 4 is 17.5 Å². The number of alkyl halides is 3. The van der Waals surface area contributed by atoms with E-state index in [1.54, 1.807) is 42.4 Å². The fourth-order valence-electron chi connectivity index (χ4n) is 5.71. The quantitative estimate of drug-likeness (QED) is 0.287. The van der Waals surface area contributed by atoms with Crippen LogP contribution in [0.2, 0.25) is 0 Å². The Morgan fingerprint density at radius 3 is 2.24 bits per heavy atom. The molecule has 46 heavy (non-hydrogen) atoms. The third-order valence-corrected chi connectivity index (χ3v) is 8.25. The summed E-state index contributed by atoms with van der Waals surface area (Å²) in [5.74, 6) is -0.972. The SMILES string of the molecule is CC/C(=C\N(C)CC(=O)NCc1ccc(N2CCC3(CC2)OCCO3)cc1)NC(=O)c1ccccc1-c1ccc(C(F)(F)F)cc1. The molecule has 2 amide bonds. The van der Waals surface area contributed by atoms with Gasteiger partial charge in [0.25, 0.3) is 5.91 Å². The predicted molar refractivity (Wildman–Crippen MR) is 170 cm³/mol. The highest BCUT2D eigenvalue weighted by atomic mass is 19.4. The van der Waals surface area contributed by atoms with E-state index < -0.39 is 23.4 Å². The molecule has 0 atom stereocenters. The van der Waals surface area contributed by atoms with Gasteiger partial charge in [-0.15, -0.1) is 0 Å². The second-order valence-corrected chi connectivity index (χ2v) is 11.5. The summed E-state index contributed by atoms with van der Waals surface area (Å²) in [5, 5.41) is 5.83. The van der Waals surface area contributed by atoms with E-state index in [-0.39, 0.29) is 12.5 Å². The van der Waals surface area contributed by atoms with Crippen molar-refractivity contribution in [3.8, 4) is 11.1 Å². The van der Waals surface area contributed by atoms with Gasteiger partial charge in [0.1, 0.15) is 0 Å². The van der Waals surface area contributed by atoms with Crippen LogP contribution in [0.5, 0.6) is 0 Å². The number of piperidine rings is 1. The molecule has 2 N–H and O–H groups in total. The largest absolute Gasteiger partial charge is 0.416 e. The molecule has 2 fully saturated rings. The molecule has 0 unspecified atom stereocenters. The summed E-state index contributed by atoms with van der Waals surface area (Å²) in [6.45, 7) is 5.40. The van der Waals surface area contributed by atoms with Gasteiger partial charge >= 0.3 is 6.18 Å². The van der Waals surface area contributed by atoms with Crippen molar-refractivity contribution in [2.75, 3.05) is 44.8 Å². The van der Waals surface area contributed by atoms with E-state index in [2.05, 4.69) is 27.7 Å². The molecule has 11 heteroatoms. The minimum absolute atomic E-state index is 0.0826. The summed E-state index contributed by atoms with van der Waals surface area (Å²) in [5.41, 5.74) is 3.29. The van der Waals surface area contributed by atoms with Gasteiger partial charge in [0, 0.05) is 62.7 Å². The molecular formula is C35H39F3N4O4. The molecule has 0 saturated carbocycles. The van der Waals surface area contributed by atoms with Crippen LogP contribution >= 0.6 is 0 Å². The maximum absolute atomic E-state index is 13.2. The number of nitrogens with one attached hydrogen (secondary N) is 2. The number of hydrogen-bond donors (Lipinski definition) is 2. The topological polar surface area (TPSA) is 83.1 Å². The number of benzene rings is 3. The second-order valence-electron chi connectivity index (χ2n) is 11.5. The Kier molecular flexibility index (Phi) is 10.3. The first-order valence-electron chi connectivity index (χ1n) is 15.4. The molecule has 3 aromatic rings. The smallest absolute Gasteiger partial charge is 0.371 e. The maximum Gasteiger partial charge on any atom is 0.416 e. The predicted octanol–water partition coefficient (Wildman–Crippen LogP) is 5.95. The van der Waals surface area contributed by atoms with Crippen LogP contribution in [0.1, 0.15) is 47.7 Å². The number of allylic oxidation sites excluding steroid dienone is 1. The van der Waals surface area contributed by atoms with Gasteiger partial charge in [-0.1, -0.05) is 49.4 Å². The van der Waals surface area contributed by atoms with E-state index >= 15 is 0 Å². The normalized spacial score (nSPS) is 16.4. The zero-order valence-electron chi connectivity index (χ0n) is 26.0. The molecule has 2 aliphatic rings. The van der Waals surface area contributed by atoms with Crippen LogP contribution in [0.3, 0.4) is 0 Å². The number of halogens is 3. The highest BCUT2D eigenvalue weighted by molar-refractivity contribution is 6.01. The van der Waals surface area contributed by atoms with Gasteiger partial charge in [-0.2, -0.15) is 13.2 Å².